The van der Waals surface area contributed by atoms with E-state index in [1.54, 1.807) is 0 Å². The zero-order valence-electron chi connectivity index (χ0n) is 11.7. The zero-order chi connectivity index (χ0) is 14.5. The number of benzene rings is 1. The predicted molar refractivity (Wildman–Crippen MR) is 88.7 cm³/mol. The minimum Gasteiger partial charge on any atom is -0.330 e. The van der Waals surface area contributed by atoms with Gasteiger partial charge in [0.2, 0.25) is 0 Å². The lowest BCUT2D eigenvalue weighted by Gasteiger charge is -1.97. The molecule has 19 heavy (non-hydrogen) atoms. The molecule has 0 unspecified atom stereocenters. The Bertz CT molecular complexity index is 335. The van der Waals surface area contributed by atoms with E-state index in [4.69, 9.17) is 21.9 Å². The third kappa shape index (κ3) is 12.3. The Balaban J connectivity index is 0.000000459. The first-order chi connectivity index (χ1) is 9.10. The summed E-state index contributed by atoms with van der Waals surface area (Å²) in [6.45, 7) is 5.10. The Labute approximate surface area is 126 Å². The fraction of sp³-hybridized carbons (Fsp3) is 0.467. The number of nitrogens with two attached hydrogens (primary N) is 1. The third-order valence-electron chi connectivity index (χ3n) is 2.23. The highest BCUT2D eigenvalue weighted by Crippen LogP contribution is 2.11. The molecule has 0 aliphatic heterocycles. The number of halogens is 1. The second-order valence-corrected chi connectivity index (χ2v) is 5.66. The second-order valence-electron chi connectivity index (χ2n) is 4.56. The summed E-state index contributed by atoms with van der Waals surface area (Å²) in [5, 5.41) is 0.793. The van der Waals surface area contributed by atoms with Crippen LogP contribution in [-0.4, -0.2) is 16.9 Å². The third-order valence-corrected chi connectivity index (χ3v) is 2.95. The molecular weight excluding hydrogens is 278 g/mol. The molecule has 0 heterocycles. The molecule has 0 aliphatic rings. The Morgan fingerprint density at radius 1 is 1.32 bits per heavy atom. The highest BCUT2D eigenvalue weighted by Gasteiger charge is 1.89. The molecule has 1 aromatic carbocycles. The van der Waals surface area contributed by atoms with Gasteiger partial charge in [0.05, 0.1) is 0 Å². The van der Waals surface area contributed by atoms with Crippen molar-refractivity contribution in [1.82, 2.24) is 0 Å². The van der Waals surface area contributed by atoms with Crippen molar-refractivity contribution in [1.29, 1.82) is 0 Å². The summed E-state index contributed by atoms with van der Waals surface area (Å²) >= 11 is 6.62. The molecule has 0 spiro atoms. The van der Waals surface area contributed by atoms with Gasteiger partial charge in [0.25, 0.3) is 0 Å². The first-order valence-corrected chi connectivity index (χ1v) is 7.80. The van der Waals surface area contributed by atoms with Gasteiger partial charge in [-0.05, 0) is 55.0 Å². The smallest absolute Gasteiger partial charge is 0.0406 e. The van der Waals surface area contributed by atoms with Gasteiger partial charge in [-0.2, -0.15) is 0 Å². The average molecular weight is 302 g/mol. The molecule has 0 atom stereocenters. The Morgan fingerprint density at radius 2 is 1.95 bits per heavy atom. The van der Waals surface area contributed by atoms with Crippen LogP contribution < -0.4 is 5.73 Å². The maximum absolute atomic E-state index is 8.06. The summed E-state index contributed by atoms with van der Waals surface area (Å²) in [6, 6.07) is 7.88. The van der Waals surface area contributed by atoms with Gasteiger partial charge in [0.15, 0.2) is 0 Å². The van der Waals surface area contributed by atoms with Crippen molar-refractivity contribution < 1.29 is 4.55 Å². The summed E-state index contributed by atoms with van der Waals surface area (Å²) in [7, 11) is 0. The van der Waals surface area contributed by atoms with Gasteiger partial charge in [-0.1, -0.05) is 49.7 Å². The molecule has 0 fully saturated rings. The van der Waals surface area contributed by atoms with Gasteiger partial charge in [0, 0.05) is 10.8 Å². The summed E-state index contributed by atoms with van der Waals surface area (Å²) in [6.07, 6.45) is 6.37. The SMILES string of the molecule is CC(C)C/C=C/c1ccc(Cl)cc1.NCCCSO. The Hall–Kier alpha value is -0.480. The fourth-order valence-corrected chi connectivity index (χ4v) is 1.62. The molecule has 2 nitrogen and oxygen atoms in total. The molecule has 0 aliphatic carbocycles. The van der Waals surface area contributed by atoms with Gasteiger partial charge in [-0.25, -0.2) is 0 Å². The largest absolute Gasteiger partial charge is 0.330 e. The molecule has 0 saturated carbocycles. The highest BCUT2D eigenvalue weighted by atomic mass is 35.5. The molecule has 3 N–H and O–H groups in total. The van der Waals surface area contributed by atoms with Crippen molar-refractivity contribution in [3.63, 3.8) is 0 Å². The van der Waals surface area contributed by atoms with Crippen molar-refractivity contribution in [2.75, 3.05) is 12.3 Å². The van der Waals surface area contributed by atoms with E-state index in [0.717, 1.165) is 41.6 Å². The molecule has 108 valence electrons. The molecule has 1 aromatic rings. The Kier molecular flexibility index (Phi) is 12.2. The summed E-state index contributed by atoms with van der Waals surface area (Å²) in [5.41, 5.74) is 6.30. The lowest BCUT2D eigenvalue weighted by atomic mass is 10.1. The first-order valence-electron chi connectivity index (χ1n) is 6.48. The van der Waals surface area contributed by atoms with E-state index in [-0.39, 0.29) is 0 Å². The molecular formula is C15H24ClNOS. The van der Waals surface area contributed by atoms with E-state index in [2.05, 4.69) is 26.0 Å². The highest BCUT2D eigenvalue weighted by molar-refractivity contribution is 7.93. The van der Waals surface area contributed by atoms with Crippen molar-refractivity contribution in [3.05, 3.63) is 40.9 Å². The van der Waals surface area contributed by atoms with Gasteiger partial charge >= 0.3 is 0 Å². The van der Waals surface area contributed by atoms with Crippen LogP contribution in [0.2, 0.25) is 5.02 Å². The fourth-order valence-electron chi connectivity index (χ4n) is 1.20. The van der Waals surface area contributed by atoms with E-state index < -0.39 is 0 Å². The molecule has 0 radical (unpaired) electrons. The van der Waals surface area contributed by atoms with Gasteiger partial charge < -0.3 is 10.3 Å². The standard InChI is InChI=1S/C12H15Cl.C3H9NOS/c1-10(2)4-3-5-11-6-8-12(13)9-7-11;4-2-1-3-6-5/h3,5-10H,4H2,1-2H3;5H,1-4H2/b5-3+;. The van der Waals surface area contributed by atoms with Crippen molar-refractivity contribution in [3.8, 4) is 0 Å². The van der Waals surface area contributed by atoms with Crippen LogP contribution in [0.25, 0.3) is 6.08 Å². The molecule has 0 amide bonds. The maximum atomic E-state index is 8.06. The predicted octanol–water partition coefficient (Wildman–Crippen LogP) is 4.94. The monoisotopic (exact) mass is 301 g/mol. The number of hydrogen-bond donors (Lipinski definition) is 2. The normalized spacial score (nSPS) is 10.6. The van der Waals surface area contributed by atoms with E-state index in [9.17, 15) is 0 Å². The minimum absolute atomic E-state index is 0.674. The summed E-state index contributed by atoms with van der Waals surface area (Å²) in [4.78, 5) is 0. The summed E-state index contributed by atoms with van der Waals surface area (Å²) < 4.78 is 8.06. The average Bonchev–Trinajstić information content (AvgIpc) is 2.39. The van der Waals surface area contributed by atoms with Crippen molar-refractivity contribution >= 4 is 29.7 Å². The van der Waals surface area contributed by atoms with E-state index in [0.29, 0.717) is 6.54 Å². The first kappa shape index (κ1) is 18.5. The van der Waals surface area contributed by atoms with Crippen molar-refractivity contribution in [2.45, 2.75) is 26.7 Å². The van der Waals surface area contributed by atoms with E-state index in [1.165, 1.54) is 5.56 Å². The van der Waals surface area contributed by atoms with Crippen LogP contribution in [0.5, 0.6) is 0 Å². The minimum atomic E-state index is 0.674. The zero-order valence-corrected chi connectivity index (χ0v) is 13.3. The van der Waals surface area contributed by atoms with E-state index in [1.807, 2.05) is 24.3 Å². The van der Waals surface area contributed by atoms with Crippen LogP contribution in [0, 0.1) is 5.92 Å². The number of hydrogen-bond acceptors (Lipinski definition) is 3. The van der Waals surface area contributed by atoms with Crippen LogP contribution in [0.4, 0.5) is 0 Å². The quantitative estimate of drug-likeness (QED) is 0.578. The van der Waals surface area contributed by atoms with E-state index >= 15 is 0 Å². The van der Waals surface area contributed by atoms with Crippen molar-refractivity contribution in [2.24, 2.45) is 11.7 Å². The van der Waals surface area contributed by atoms with Crippen LogP contribution in [0.3, 0.4) is 0 Å². The molecule has 0 bridgehead atoms. The van der Waals surface area contributed by atoms with Gasteiger partial charge in [-0.15, -0.1) is 0 Å². The lowest BCUT2D eigenvalue weighted by Crippen LogP contribution is -1.98. The molecule has 1 rings (SSSR count). The molecule has 0 saturated heterocycles. The lowest BCUT2D eigenvalue weighted by molar-refractivity contribution is 0.660. The van der Waals surface area contributed by atoms with Crippen LogP contribution in [-0.2, 0) is 0 Å². The second kappa shape index (κ2) is 12.5. The summed E-state index contributed by atoms with van der Waals surface area (Å²) in [5.74, 6) is 1.49. The maximum Gasteiger partial charge on any atom is 0.0406 e. The van der Waals surface area contributed by atoms with Gasteiger partial charge in [0.1, 0.15) is 0 Å². The van der Waals surface area contributed by atoms with Crippen LogP contribution in [0.15, 0.2) is 30.3 Å². The van der Waals surface area contributed by atoms with Crippen LogP contribution >= 0.6 is 23.6 Å². The topological polar surface area (TPSA) is 46.2 Å². The molecule has 4 heteroatoms. The number of rotatable bonds is 6. The number of allylic oxidation sites excluding steroid dienone is 1. The Morgan fingerprint density at radius 3 is 2.37 bits per heavy atom. The van der Waals surface area contributed by atoms with Gasteiger partial charge in [-0.3, -0.25) is 0 Å². The van der Waals surface area contributed by atoms with Crippen LogP contribution in [0.1, 0.15) is 32.3 Å². The molecule has 0 aromatic heterocycles.